The molecule has 0 aromatic carbocycles. The van der Waals surface area contributed by atoms with E-state index in [0.717, 1.165) is 48.3 Å². The molecular formula is C33H63NO4S. The van der Waals surface area contributed by atoms with E-state index in [2.05, 4.69) is 47.6 Å². The third kappa shape index (κ3) is 7.90. The summed E-state index contributed by atoms with van der Waals surface area (Å²) in [7, 11) is 1.62. The molecule has 6 heteroatoms. The van der Waals surface area contributed by atoms with Crippen molar-refractivity contribution in [2.75, 3.05) is 21.1 Å². The Morgan fingerprint density at radius 1 is 1.03 bits per heavy atom. The monoisotopic (exact) mass is 569 g/mol. The minimum Gasteiger partial charge on any atom is -0.312 e. The maximum atomic E-state index is 11.3. The Balaban J connectivity index is 0.000000998. The van der Waals surface area contributed by atoms with Gasteiger partial charge in [-0.1, -0.05) is 73.5 Å². The minimum atomic E-state index is -4.38. The summed E-state index contributed by atoms with van der Waals surface area (Å²) in [6.07, 6.45) is 15.0. The van der Waals surface area contributed by atoms with Crippen LogP contribution in [0, 0.1) is 52.3 Å². The Kier molecular flexibility index (Phi) is 12.2. The van der Waals surface area contributed by atoms with Crippen LogP contribution in [-0.2, 0) is 14.6 Å². The fraction of sp³-hybridized carbons (Fsp3) is 0.939. The number of fused-ring (bicyclic) bond motifs is 5. The summed E-state index contributed by atoms with van der Waals surface area (Å²) in [5.74, 6) is 5.64. The molecule has 0 bridgehead atoms. The van der Waals surface area contributed by atoms with Gasteiger partial charge in [-0.05, 0) is 131 Å². The predicted octanol–water partition coefficient (Wildman–Crippen LogP) is 8.67. The second-order valence-corrected chi connectivity index (χ2v) is 15.7. The van der Waals surface area contributed by atoms with Crippen molar-refractivity contribution >= 4 is 10.4 Å². The van der Waals surface area contributed by atoms with Gasteiger partial charge in [0.2, 0.25) is 0 Å². The topological polar surface area (TPSA) is 66.8 Å². The van der Waals surface area contributed by atoms with Crippen LogP contribution in [0.4, 0.5) is 0 Å². The van der Waals surface area contributed by atoms with E-state index in [4.69, 9.17) is 8.74 Å². The highest BCUT2D eigenvalue weighted by molar-refractivity contribution is 7.80. The molecule has 0 aromatic rings. The molecule has 4 rings (SSSR count). The van der Waals surface area contributed by atoms with Crippen molar-refractivity contribution in [2.45, 2.75) is 126 Å². The first-order valence-electron chi connectivity index (χ1n) is 15.6. The molecule has 0 radical (unpaired) electrons. The first-order chi connectivity index (χ1) is 17.6. The molecule has 4 aliphatic carbocycles. The zero-order chi connectivity index (χ0) is 28.5. The van der Waals surface area contributed by atoms with Crippen molar-refractivity contribution in [3.8, 4) is 0 Å². The smallest absolute Gasteiger partial charge is 0.312 e. The number of rotatable bonds is 8. The van der Waals surface area contributed by atoms with E-state index >= 15 is 0 Å². The highest BCUT2D eigenvalue weighted by Crippen LogP contribution is 2.67. The maximum Gasteiger partial charge on any atom is 0.397 e. The van der Waals surface area contributed by atoms with Crippen LogP contribution < -0.4 is 0 Å². The lowest BCUT2D eigenvalue weighted by Crippen LogP contribution is -2.51. The van der Waals surface area contributed by atoms with Gasteiger partial charge in [0.05, 0.1) is 6.10 Å². The van der Waals surface area contributed by atoms with Crippen molar-refractivity contribution in [3.63, 3.8) is 0 Å². The molecule has 9 atom stereocenters. The molecular weight excluding hydrogens is 506 g/mol. The molecule has 1 N–H and O–H groups in total. The van der Waals surface area contributed by atoms with Crippen molar-refractivity contribution in [1.82, 2.24) is 4.90 Å². The molecule has 230 valence electrons. The fourth-order valence-corrected chi connectivity index (χ4v) is 10.1. The quantitative estimate of drug-likeness (QED) is 0.234. The number of allylic oxidation sites excluding steroid dienone is 1. The second kappa shape index (κ2) is 13.7. The van der Waals surface area contributed by atoms with E-state index < -0.39 is 16.5 Å². The van der Waals surface area contributed by atoms with Gasteiger partial charge in [-0.15, -0.1) is 0 Å². The summed E-state index contributed by atoms with van der Waals surface area (Å²) >= 11 is 0. The summed E-state index contributed by atoms with van der Waals surface area (Å²) in [5.41, 5.74) is 2.03. The van der Waals surface area contributed by atoms with Gasteiger partial charge in [-0.2, -0.15) is 8.42 Å². The largest absolute Gasteiger partial charge is 0.397 e. The third-order valence-electron chi connectivity index (χ3n) is 11.5. The average Bonchev–Trinajstić information content (AvgIpc) is 3.15. The van der Waals surface area contributed by atoms with Crippen LogP contribution in [0.15, 0.2) is 11.6 Å². The summed E-state index contributed by atoms with van der Waals surface area (Å²) in [5, 5.41) is 0. The van der Waals surface area contributed by atoms with Gasteiger partial charge in [0, 0.05) is 0 Å². The molecule has 9 unspecified atom stereocenters. The molecule has 4 aliphatic rings. The number of hydrogen-bond donors (Lipinski definition) is 1. The van der Waals surface area contributed by atoms with Crippen LogP contribution in [0.5, 0.6) is 0 Å². The van der Waals surface area contributed by atoms with Crippen molar-refractivity contribution in [3.05, 3.63) is 11.6 Å². The lowest BCUT2D eigenvalue weighted by atomic mass is 9.47. The molecule has 3 saturated carbocycles. The van der Waals surface area contributed by atoms with Crippen molar-refractivity contribution in [1.29, 1.82) is 0 Å². The van der Waals surface area contributed by atoms with E-state index in [1.165, 1.54) is 50.5 Å². The zero-order valence-corrected chi connectivity index (χ0v) is 26.8. The summed E-state index contributed by atoms with van der Waals surface area (Å²) in [4.78, 5) is 2.00. The minimum absolute atomic E-state index is 0. The Hall–Kier alpha value is -0.430. The van der Waals surface area contributed by atoms with E-state index in [0.29, 0.717) is 24.2 Å². The van der Waals surface area contributed by atoms with Crippen molar-refractivity contribution < 1.29 is 17.2 Å². The first kappa shape index (κ1) is 34.8. The van der Waals surface area contributed by atoms with Crippen LogP contribution in [0.1, 0.15) is 120 Å². The Bertz CT molecular complexity index is 912. The van der Waals surface area contributed by atoms with Crippen LogP contribution in [0.25, 0.3) is 0 Å². The van der Waals surface area contributed by atoms with Crippen LogP contribution in [0.3, 0.4) is 0 Å². The van der Waals surface area contributed by atoms with Gasteiger partial charge < -0.3 is 4.90 Å². The molecule has 0 saturated heterocycles. The van der Waals surface area contributed by atoms with Gasteiger partial charge in [-0.3, -0.25) is 4.55 Å². The highest BCUT2D eigenvalue weighted by Gasteiger charge is 2.59. The molecule has 0 spiro atoms. The zero-order valence-electron chi connectivity index (χ0n) is 26.0. The van der Waals surface area contributed by atoms with Gasteiger partial charge in [0.25, 0.3) is 0 Å². The molecule has 0 amide bonds. The lowest BCUT2D eigenvalue weighted by molar-refractivity contribution is -0.0563. The average molecular weight is 570 g/mol. The molecule has 3 fully saturated rings. The van der Waals surface area contributed by atoms with Gasteiger partial charge in [-0.25, -0.2) is 4.18 Å². The van der Waals surface area contributed by atoms with Crippen LogP contribution in [-0.4, -0.2) is 45.1 Å². The Morgan fingerprint density at radius 2 is 1.67 bits per heavy atom. The lowest BCUT2D eigenvalue weighted by Gasteiger charge is -2.58. The molecule has 5 nitrogen and oxygen atoms in total. The predicted molar refractivity (Wildman–Crippen MR) is 165 cm³/mol. The molecule has 39 heavy (non-hydrogen) atoms. The second-order valence-electron chi connectivity index (χ2n) is 14.7. The molecule has 0 heterocycles. The SMILES string of the molecule is C.CCC(CCC(C)C1CCC2C3CC=C4CC(OS(=O)(=O)O)CCC4(C)C3CCC12C)C(C)C.CN(C)C. The Labute approximate surface area is 242 Å². The third-order valence-corrected chi connectivity index (χ3v) is 12.1. The summed E-state index contributed by atoms with van der Waals surface area (Å²) in [6, 6.07) is 0. The first-order valence-corrected chi connectivity index (χ1v) is 16.9. The number of nitrogens with zero attached hydrogens (tertiary/aromatic N) is 1. The van der Waals surface area contributed by atoms with Gasteiger partial charge in [0.15, 0.2) is 0 Å². The van der Waals surface area contributed by atoms with E-state index in [9.17, 15) is 8.42 Å². The fourth-order valence-electron chi connectivity index (χ4n) is 9.54. The molecule has 0 aromatic heterocycles. The normalized spacial score (nSPS) is 37.4. The van der Waals surface area contributed by atoms with Crippen LogP contribution >= 0.6 is 0 Å². The van der Waals surface area contributed by atoms with E-state index in [1.54, 1.807) is 0 Å². The highest BCUT2D eigenvalue weighted by atomic mass is 32.3. The number of hydrogen-bond acceptors (Lipinski definition) is 4. The Morgan fingerprint density at radius 3 is 2.23 bits per heavy atom. The van der Waals surface area contributed by atoms with Gasteiger partial charge in [0.1, 0.15) is 0 Å². The summed E-state index contributed by atoms with van der Waals surface area (Å²) < 4.78 is 36.7. The standard InChI is InChI=1S/C29H50O4S.C3H9N.CH4/c1-7-21(19(2)3)9-8-20(4)25-12-13-26-24-11-10-22-18-23(33-34(30,31)32)14-16-28(22,5)27(24)15-17-29(25,26)6;1-4(2)3;/h10,19-21,23-27H,7-9,11-18H2,1-6H3,(H,30,31,32);1-3H3;1H4. The van der Waals surface area contributed by atoms with Crippen LogP contribution in [0.2, 0.25) is 0 Å². The summed E-state index contributed by atoms with van der Waals surface area (Å²) in [6.45, 7) is 14.8. The van der Waals surface area contributed by atoms with Gasteiger partial charge >= 0.3 is 10.4 Å². The maximum absolute atomic E-state index is 11.3. The molecule has 0 aliphatic heterocycles. The van der Waals surface area contributed by atoms with E-state index in [1.807, 2.05) is 26.0 Å². The van der Waals surface area contributed by atoms with E-state index in [-0.39, 0.29) is 12.8 Å². The van der Waals surface area contributed by atoms with Crippen molar-refractivity contribution in [2.24, 2.45) is 52.3 Å².